The highest BCUT2D eigenvalue weighted by atomic mass is 16.3. The lowest BCUT2D eigenvalue weighted by molar-refractivity contribution is -0.113. The Balaban J connectivity index is 2.28. The zero-order valence-electron chi connectivity index (χ0n) is 18.2. The molecule has 0 spiro atoms. The van der Waals surface area contributed by atoms with Crippen molar-refractivity contribution in [2.24, 2.45) is 11.1 Å². The third kappa shape index (κ3) is 6.08. The number of nitrogens with two attached hydrogens (primary N) is 1. The molecular weight excluding hydrogens is 358 g/mol. The molecule has 3 N–H and O–H groups in total. The van der Waals surface area contributed by atoms with Crippen molar-refractivity contribution in [2.75, 3.05) is 0 Å². The molecule has 2 rings (SSSR count). The third-order valence-corrected chi connectivity index (χ3v) is 5.65. The van der Waals surface area contributed by atoms with E-state index >= 15 is 0 Å². The Morgan fingerprint density at radius 2 is 1.86 bits per heavy atom. The Kier molecular flexibility index (Phi) is 7.44. The number of aromatic hydroxyl groups is 1. The van der Waals surface area contributed by atoms with E-state index in [0.29, 0.717) is 5.75 Å². The summed E-state index contributed by atoms with van der Waals surface area (Å²) in [6.45, 7) is 10.7. The number of benzene rings is 1. The molecule has 0 bridgehead atoms. The number of hydrogen-bond donors (Lipinski definition) is 2. The monoisotopic (exact) mass is 391 g/mol. The van der Waals surface area contributed by atoms with Crippen LogP contribution in [-0.2, 0) is 4.79 Å². The molecule has 0 aromatic heterocycles. The van der Waals surface area contributed by atoms with Crippen molar-refractivity contribution < 1.29 is 9.90 Å². The Bertz CT molecular complexity index is 910. The van der Waals surface area contributed by atoms with Gasteiger partial charge in [-0.2, -0.15) is 0 Å². The number of allylic oxidation sites excluding steroid dienone is 9. The zero-order chi connectivity index (χ0) is 21.6. The first-order valence-electron chi connectivity index (χ1n) is 10.1. The maximum atomic E-state index is 10.9. The first kappa shape index (κ1) is 22.5. The van der Waals surface area contributed by atoms with E-state index in [1.165, 1.54) is 17.2 Å². The summed E-state index contributed by atoms with van der Waals surface area (Å²) < 4.78 is 0. The van der Waals surface area contributed by atoms with Crippen molar-refractivity contribution in [1.82, 2.24) is 0 Å². The van der Waals surface area contributed by atoms with Crippen LogP contribution in [0.1, 0.15) is 58.9 Å². The van der Waals surface area contributed by atoms with E-state index in [0.717, 1.165) is 29.6 Å². The Morgan fingerprint density at radius 3 is 2.52 bits per heavy atom. The van der Waals surface area contributed by atoms with Crippen LogP contribution in [-0.4, -0.2) is 11.0 Å². The number of carbonyl (C=O) groups excluding carboxylic acids is 1. The van der Waals surface area contributed by atoms with Gasteiger partial charge in [0.1, 0.15) is 5.75 Å². The number of para-hydroxylation sites is 1. The molecule has 1 aliphatic carbocycles. The fourth-order valence-electron chi connectivity index (χ4n) is 4.00. The lowest BCUT2D eigenvalue weighted by Gasteiger charge is -2.38. The van der Waals surface area contributed by atoms with E-state index in [1.807, 2.05) is 43.4 Å². The van der Waals surface area contributed by atoms with Gasteiger partial charge in [-0.25, -0.2) is 0 Å². The van der Waals surface area contributed by atoms with Crippen molar-refractivity contribution in [3.05, 3.63) is 88.6 Å². The predicted octanol–water partition coefficient (Wildman–Crippen LogP) is 6.10. The van der Waals surface area contributed by atoms with Crippen LogP contribution < -0.4 is 5.73 Å². The van der Waals surface area contributed by atoms with Gasteiger partial charge in [-0.15, -0.1) is 0 Å². The van der Waals surface area contributed by atoms with Crippen LogP contribution in [0.25, 0.3) is 0 Å². The van der Waals surface area contributed by atoms with Gasteiger partial charge in [0.15, 0.2) is 0 Å². The van der Waals surface area contributed by atoms with Gasteiger partial charge >= 0.3 is 0 Å². The van der Waals surface area contributed by atoms with Gasteiger partial charge in [-0.3, -0.25) is 4.79 Å². The highest BCUT2D eigenvalue weighted by Gasteiger charge is 2.33. The van der Waals surface area contributed by atoms with Crippen LogP contribution in [0.5, 0.6) is 5.75 Å². The molecule has 1 atom stereocenters. The molecule has 29 heavy (non-hydrogen) atoms. The lowest BCUT2D eigenvalue weighted by atomic mass is 9.67. The molecule has 1 aromatic rings. The molecule has 0 heterocycles. The topological polar surface area (TPSA) is 63.3 Å². The van der Waals surface area contributed by atoms with Crippen molar-refractivity contribution >= 4 is 5.91 Å². The van der Waals surface area contributed by atoms with Crippen LogP contribution >= 0.6 is 0 Å². The summed E-state index contributed by atoms with van der Waals surface area (Å²) in [5.74, 6) is 0.184. The number of phenolic OH excluding ortho intramolecular Hbond substituents is 1. The molecule has 1 aliphatic rings. The summed E-state index contributed by atoms with van der Waals surface area (Å²) in [6, 6.07) is 7.66. The molecule has 1 unspecified atom stereocenters. The summed E-state index contributed by atoms with van der Waals surface area (Å²) in [6.07, 6.45) is 13.7. The number of phenols is 1. The Morgan fingerprint density at radius 1 is 1.17 bits per heavy atom. The molecular formula is C26H33NO2. The van der Waals surface area contributed by atoms with Crippen LogP contribution in [0.4, 0.5) is 0 Å². The third-order valence-electron chi connectivity index (χ3n) is 5.65. The van der Waals surface area contributed by atoms with Crippen LogP contribution in [0.3, 0.4) is 0 Å². The fraction of sp³-hybridized carbons (Fsp3) is 0.346. The van der Waals surface area contributed by atoms with Crippen molar-refractivity contribution in [3.8, 4) is 5.75 Å². The minimum Gasteiger partial charge on any atom is -0.508 e. The van der Waals surface area contributed by atoms with Gasteiger partial charge in [0, 0.05) is 17.6 Å². The number of primary amides is 1. The van der Waals surface area contributed by atoms with Crippen molar-refractivity contribution in [2.45, 2.75) is 53.4 Å². The number of hydrogen-bond acceptors (Lipinski definition) is 2. The first-order chi connectivity index (χ1) is 13.6. The van der Waals surface area contributed by atoms with Gasteiger partial charge in [0.25, 0.3) is 0 Å². The van der Waals surface area contributed by atoms with Gasteiger partial charge in [-0.05, 0) is 56.2 Å². The molecule has 0 saturated carbocycles. The van der Waals surface area contributed by atoms with Crippen LogP contribution in [0, 0.1) is 5.41 Å². The van der Waals surface area contributed by atoms with E-state index in [-0.39, 0.29) is 11.3 Å². The number of amides is 1. The average Bonchev–Trinajstić information content (AvgIpc) is 2.61. The molecule has 1 aromatic carbocycles. The SMILES string of the molecule is CC(C=CC1=C(C)C(c2ccccc2O)CCC1(C)C)=CC=C/C(C)=C\C(N)=O. The summed E-state index contributed by atoms with van der Waals surface area (Å²) in [4.78, 5) is 10.9. The maximum Gasteiger partial charge on any atom is 0.241 e. The van der Waals surface area contributed by atoms with Gasteiger partial charge in [0.2, 0.25) is 5.91 Å². The second kappa shape index (κ2) is 9.60. The van der Waals surface area contributed by atoms with Gasteiger partial charge in [0.05, 0.1) is 0 Å². The van der Waals surface area contributed by atoms with Gasteiger partial charge < -0.3 is 10.8 Å². The number of carbonyl (C=O) groups is 1. The van der Waals surface area contributed by atoms with E-state index < -0.39 is 5.91 Å². The molecule has 3 nitrogen and oxygen atoms in total. The lowest BCUT2D eigenvalue weighted by Crippen LogP contribution is -2.23. The average molecular weight is 392 g/mol. The second-order valence-corrected chi connectivity index (χ2v) is 8.52. The molecule has 0 fully saturated rings. The molecule has 0 saturated heterocycles. The standard InChI is InChI=1S/C26H33NO2/c1-18(9-8-10-19(2)17-25(27)29)13-14-23-20(3)21(15-16-26(23,4)5)22-11-6-7-12-24(22)28/h6-14,17,21,28H,15-16H2,1-5H3,(H2,27,29)/b10-8?,14-13?,18-9?,19-17-. The Hall–Kier alpha value is -2.81. The quantitative estimate of drug-likeness (QED) is 0.454. The predicted molar refractivity (Wildman–Crippen MR) is 122 cm³/mol. The summed E-state index contributed by atoms with van der Waals surface area (Å²) in [5.41, 5.74) is 10.9. The smallest absolute Gasteiger partial charge is 0.241 e. The highest BCUT2D eigenvalue weighted by molar-refractivity contribution is 5.86. The fourth-order valence-corrected chi connectivity index (χ4v) is 4.00. The van der Waals surface area contributed by atoms with Crippen molar-refractivity contribution in [3.63, 3.8) is 0 Å². The minimum atomic E-state index is -0.436. The molecule has 3 heteroatoms. The van der Waals surface area contributed by atoms with Crippen LogP contribution in [0.15, 0.2) is 83.0 Å². The normalized spacial score (nSPS) is 20.7. The molecule has 154 valence electrons. The summed E-state index contributed by atoms with van der Waals surface area (Å²) in [7, 11) is 0. The van der Waals surface area contributed by atoms with Crippen molar-refractivity contribution in [1.29, 1.82) is 0 Å². The van der Waals surface area contributed by atoms with Crippen LogP contribution in [0.2, 0.25) is 0 Å². The second-order valence-electron chi connectivity index (χ2n) is 8.52. The Labute approximate surface area is 175 Å². The van der Waals surface area contributed by atoms with E-state index in [9.17, 15) is 9.90 Å². The summed E-state index contributed by atoms with van der Waals surface area (Å²) in [5, 5.41) is 10.3. The highest BCUT2D eigenvalue weighted by Crippen LogP contribution is 2.48. The molecule has 0 aliphatic heterocycles. The first-order valence-corrected chi connectivity index (χ1v) is 10.1. The summed E-state index contributed by atoms with van der Waals surface area (Å²) >= 11 is 0. The number of rotatable bonds is 6. The van der Waals surface area contributed by atoms with E-state index in [2.05, 4.69) is 39.8 Å². The molecule has 1 amide bonds. The zero-order valence-corrected chi connectivity index (χ0v) is 18.2. The van der Waals surface area contributed by atoms with Gasteiger partial charge in [-0.1, -0.05) is 73.6 Å². The minimum absolute atomic E-state index is 0.0957. The largest absolute Gasteiger partial charge is 0.508 e. The molecule has 0 radical (unpaired) electrons. The van der Waals surface area contributed by atoms with E-state index in [1.54, 1.807) is 6.07 Å². The maximum absolute atomic E-state index is 10.9. The van der Waals surface area contributed by atoms with E-state index in [4.69, 9.17) is 5.73 Å².